The van der Waals surface area contributed by atoms with Crippen molar-refractivity contribution in [3.05, 3.63) is 42.5 Å². The van der Waals surface area contributed by atoms with Crippen molar-refractivity contribution in [3.63, 3.8) is 0 Å². The zero-order valence-corrected chi connectivity index (χ0v) is 16.6. The van der Waals surface area contributed by atoms with Gasteiger partial charge in [0.15, 0.2) is 24.6 Å². The van der Waals surface area contributed by atoms with Gasteiger partial charge in [0.2, 0.25) is 0 Å². The Morgan fingerprint density at radius 3 is 2.28 bits per heavy atom. The second-order valence-corrected chi connectivity index (χ2v) is 6.64. The number of hydrogen-bond acceptors (Lipinski definition) is 5. The third-order valence-corrected chi connectivity index (χ3v) is 4.50. The number of likely N-dealkylation sites (N-methyl/N-ethyl adjacent to an activating group) is 1. The molecule has 0 radical (unpaired) electrons. The minimum atomic E-state index is -0.173. The largest absolute Gasteiger partial charge is 0.497 e. The number of carbonyl (C=O) groups excluding carboxylic acids is 2. The Balaban J connectivity index is 1.52. The number of fused-ring (bicyclic) bond motifs is 1. The monoisotopic (exact) mass is 400 g/mol. The summed E-state index contributed by atoms with van der Waals surface area (Å²) in [4.78, 5) is 25.6. The molecule has 0 saturated carbocycles. The van der Waals surface area contributed by atoms with Crippen LogP contribution in [0, 0.1) is 0 Å². The highest BCUT2D eigenvalue weighted by Crippen LogP contribution is 2.32. The first-order valence-electron chi connectivity index (χ1n) is 9.54. The number of carbonyl (C=O) groups is 2. The molecule has 1 aliphatic rings. The van der Waals surface area contributed by atoms with Gasteiger partial charge >= 0.3 is 0 Å². The molecule has 0 saturated heterocycles. The summed E-state index contributed by atoms with van der Waals surface area (Å²) >= 11 is 0. The fraction of sp³-hybridized carbons (Fsp3) is 0.333. The van der Waals surface area contributed by atoms with Gasteiger partial charge in [-0.05, 0) is 31.2 Å². The van der Waals surface area contributed by atoms with E-state index in [1.165, 1.54) is 0 Å². The molecule has 2 aromatic carbocycles. The molecule has 2 aromatic rings. The highest BCUT2D eigenvalue weighted by molar-refractivity contribution is 5.93. The van der Waals surface area contributed by atoms with Gasteiger partial charge in [-0.15, -0.1) is 0 Å². The number of quaternary nitrogens is 1. The van der Waals surface area contributed by atoms with Crippen LogP contribution in [0.25, 0.3) is 0 Å². The van der Waals surface area contributed by atoms with Crippen LogP contribution >= 0.6 is 0 Å². The van der Waals surface area contributed by atoms with Crippen molar-refractivity contribution in [2.75, 3.05) is 50.6 Å². The van der Waals surface area contributed by atoms with Gasteiger partial charge in [0, 0.05) is 23.5 Å². The average molecular weight is 400 g/mol. The van der Waals surface area contributed by atoms with E-state index in [9.17, 15) is 9.59 Å². The van der Waals surface area contributed by atoms with E-state index in [0.29, 0.717) is 48.4 Å². The van der Waals surface area contributed by atoms with E-state index < -0.39 is 0 Å². The maximum absolute atomic E-state index is 12.4. The second kappa shape index (κ2) is 9.79. The first-order chi connectivity index (χ1) is 14.1. The minimum Gasteiger partial charge on any atom is -0.497 e. The van der Waals surface area contributed by atoms with Crippen molar-refractivity contribution in [1.29, 1.82) is 0 Å². The first-order valence-corrected chi connectivity index (χ1v) is 9.54. The molecule has 0 fully saturated rings. The summed E-state index contributed by atoms with van der Waals surface area (Å²) in [6.07, 6.45) is 0. The molecule has 3 rings (SSSR count). The minimum absolute atomic E-state index is 0.165. The molecule has 0 spiro atoms. The van der Waals surface area contributed by atoms with Gasteiger partial charge in [-0.3, -0.25) is 9.59 Å². The van der Waals surface area contributed by atoms with Crippen molar-refractivity contribution in [2.45, 2.75) is 6.92 Å². The molecule has 0 aliphatic carbocycles. The van der Waals surface area contributed by atoms with E-state index in [1.54, 1.807) is 43.5 Å². The van der Waals surface area contributed by atoms with Gasteiger partial charge < -0.3 is 29.7 Å². The third-order valence-electron chi connectivity index (χ3n) is 4.50. The van der Waals surface area contributed by atoms with Crippen LogP contribution in [-0.2, 0) is 9.59 Å². The molecule has 3 N–H and O–H groups in total. The highest BCUT2D eigenvalue weighted by Gasteiger charge is 2.18. The molecule has 1 unspecified atom stereocenters. The predicted octanol–water partition coefficient (Wildman–Crippen LogP) is 0.948. The van der Waals surface area contributed by atoms with Crippen molar-refractivity contribution in [1.82, 2.24) is 0 Å². The van der Waals surface area contributed by atoms with E-state index in [0.717, 1.165) is 4.90 Å². The average Bonchev–Trinajstić information content (AvgIpc) is 2.73. The smallest absolute Gasteiger partial charge is 0.279 e. The van der Waals surface area contributed by atoms with Crippen molar-refractivity contribution in [3.8, 4) is 17.2 Å². The quantitative estimate of drug-likeness (QED) is 0.614. The van der Waals surface area contributed by atoms with Crippen molar-refractivity contribution < 1.29 is 28.7 Å². The lowest BCUT2D eigenvalue weighted by Crippen LogP contribution is -3.13. The van der Waals surface area contributed by atoms with E-state index >= 15 is 0 Å². The van der Waals surface area contributed by atoms with Crippen LogP contribution < -0.4 is 29.7 Å². The van der Waals surface area contributed by atoms with E-state index in [-0.39, 0.29) is 24.9 Å². The van der Waals surface area contributed by atoms with Gasteiger partial charge in [-0.1, -0.05) is 6.07 Å². The van der Waals surface area contributed by atoms with Crippen LogP contribution in [-0.4, -0.2) is 51.8 Å². The molecule has 29 heavy (non-hydrogen) atoms. The Bertz CT molecular complexity index is 871. The Kier molecular flexibility index (Phi) is 6.91. The standard InChI is InChI=1S/C21H25N3O5/c1-3-24(13-20(25)22-15-5-4-6-17(11-15)27-2)14-21(26)23-16-7-8-18-19(12-16)29-10-9-28-18/h4-8,11-12H,3,9-10,13-14H2,1-2H3,(H,22,25)(H,23,26)/p+1. The summed E-state index contributed by atoms with van der Waals surface area (Å²) < 4.78 is 16.2. The molecule has 0 bridgehead atoms. The fourth-order valence-electron chi connectivity index (χ4n) is 3.00. The van der Waals surface area contributed by atoms with E-state index in [1.807, 2.05) is 13.0 Å². The summed E-state index contributed by atoms with van der Waals surface area (Å²) in [6, 6.07) is 12.4. The number of anilines is 2. The van der Waals surface area contributed by atoms with Crippen molar-refractivity contribution in [2.24, 2.45) is 0 Å². The van der Waals surface area contributed by atoms with Gasteiger partial charge in [0.05, 0.1) is 13.7 Å². The summed E-state index contributed by atoms with van der Waals surface area (Å²) in [5.41, 5.74) is 1.29. The fourth-order valence-corrected chi connectivity index (χ4v) is 3.00. The van der Waals surface area contributed by atoms with Crippen LogP contribution in [0.5, 0.6) is 17.2 Å². The van der Waals surface area contributed by atoms with Crippen LogP contribution in [0.15, 0.2) is 42.5 Å². The maximum atomic E-state index is 12.4. The van der Waals surface area contributed by atoms with Crippen LogP contribution in [0.4, 0.5) is 11.4 Å². The van der Waals surface area contributed by atoms with Crippen LogP contribution in [0.3, 0.4) is 0 Å². The summed E-state index contributed by atoms with van der Waals surface area (Å²) in [5, 5.41) is 5.69. The van der Waals surface area contributed by atoms with Crippen LogP contribution in [0.2, 0.25) is 0 Å². The number of nitrogens with one attached hydrogen (secondary N) is 3. The highest BCUT2D eigenvalue weighted by atomic mass is 16.6. The topological polar surface area (TPSA) is 90.3 Å². The lowest BCUT2D eigenvalue weighted by Gasteiger charge is -2.20. The molecule has 8 nitrogen and oxygen atoms in total. The SMILES string of the molecule is CC[NH+](CC(=O)Nc1cccc(OC)c1)CC(=O)Nc1ccc2c(c1)OCCO2. The van der Waals surface area contributed by atoms with Crippen LogP contribution in [0.1, 0.15) is 6.92 Å². The molecule has 1 atom stereocenters. The van der Waals surface area contributed by atoms with Crippen molar-refractivity contribution >= 4 is 23.2 Å². The zero-order chi connectivity index (χ0) is 20.6. The Hall–Kier alpha value is -3.26. The molecule has 0 aromatic heterocycles. The maximum Gasteiger partial charge on any atom is 0.279 e. The predicted molar refractivity (Wildman–Crippen MR) is 109 cm³/mol. The third kappa shape index (κ3) is 5.86. The summed E-state index contributed by atoms with van der Waals surface area (Å²) in [5.74, 6) is 1.62. The lowest BCUT2D eigenvalue weighted by molar-refractivity contribution is -0.881. The number of methoxy groups -OCH3 is 1. The number of amides is 2. The van der Waals surface area contributed by atoms with Gasteiger partial charge in [-0.25, -0.2) is 0 Å². The number of rotatable bonds is 8. The summed E-state index contributed by atoms with van der Waals surface area (Å²) in [7, 11) is 1.57. The second-order valence-electron chi connectivity index (χ2n) is 6.64. The molecule has 8 heteroatoms. The molecular formula is C21H26N3O5+. The van der Waals surface area contributed by atoms with Gasteiger partial charge in [0.25, 0.3) is 11.8 Å². The Morgan fingerprint density at radius 2 is 1.62 bits per heavy atom. The summed E-state index contributed by atoms with van der Waals surface area (Å²) in [6.45, 7) is 3.94. The van der Waals surface area contributed by atoms with E-state index in [2.05, 4.69) is 10.6 Å². The Labute approximate surface area is 169 Å². The molecule has 154 valence electrons. The molecular weight excluding hydrogens is 374 g/mol. The van der Waals surface area contributed by atoms with Gasteiger partial charge in [0.1, 0.15) is 19.0 Å². The molecule has 1 heterocycles. The van der Waals surface area contributed by atoms with Gasteiger partial charge in [-0.2, -0.15) is 0 Å². The lowest BCUT2D eigenvalue weighted by atomic mass is 10.2. The number of benzene rings is 2. The Morgan fingerprint density at radius 1 is 0.966 bits per heavy atom. The number of hydrogen-bond donors (Lipinski definition) is 3. The normalized spacial score (nSPS) is 13.3. The van der Waals surface area contributed by atoms with E-state index in [4.69, 9.17) is 14.2 Å². The number of ether oxygens (including phenoxy) is 3. The molecule has 2 amide bonds. The molecule has 1 aliphatic heterocycles. The first kappa shape index (κ1) is 20.5. The zero-order valence-electron chi connectivity index (χ0n) is 16.6.